The van der Waals surface area contributed by atoms with Crippen molar-refractivity contribution >= 4 is 11.4 Å². The smallest absolute Gasteiger partial charge is 0.167 e. The summed E-state index contributed by atoms with van der Waals surface area (Å²) >= 11 is 0. The third kappa shape index (κ3) is 2.46. The maximum absolute atomic E-state index is 13.6. The molecular weight excluding hydrogens is 368 g/mol. The van der Waals surface area contributed by atoms with E-state index in [4.69, 9.17) is 4.74 Å². The Morgan fingerprint density at radius 3 is 2.70 bits per heavy atom. The topological polar surface area (TPSA) is 26.3 Å². The van der Waals surface area contributed by atoms with Crippen LogP contribution in [0.2, 0.25) is 0 Å². The fourth-order valence-electron chi connectivity index (χ4n) is 7.76. The lowest BCUT2D eigenvalue weighted by Gasteiger charge is -2.50. The Hall–Kier alpha value is -2.35. The van der Waals surface area contributed by atoms with Crippen LogP contribution in [0.5, 0.6) is 5.75 Å². The molecule has 0 amide bonds. The fraction of sp³-hybridized carbons (Fsp3) is 0.464. The molecule has 2 fully saturated rings. The molecule has 0 unspecified atom stereocenters. The second-order valence-electron chi connectivity index (χ2n) is 10.2. The van der Waals surface area contributed by atoms with Crippen LogP contribution < -0.4 is 4.74 Å². The second-order valence-corrected chi connectivity index (χ2v) is 10.2. The van der Waals surface area contributed by atoms with Crippen molar-refractivity contribution in [2.24, 2.45) is 29.1 Å². The molecule has 0 heterocycles. The van der Waals surface area contributed by atoms with Crippen molar-refractivity contribution in [3.63, 3.8) is 0 Å². The highest BCUT2D eigenvalue weighted by atomic mass is 16.5. The molecule has 2 heteroatoms. The first-order chi connectivity index (χ1) is 14.6. The Balaban J connectivity index is 1.33. The maximum Gasteiger partial charge on any atom is 0.167 e. The van der Waals surface area contributed by atoms with E-state index in [0.29, 0.717) is 23.5 Å². The zero-order valence-corrected chi connectivity index (χ0v) is 17.9. The summed E-state index contributed by atoms with van der Waals surface area (Å²) < 4.78 is 5.47. The summed E-state index contributed by atoms with van der Waals surface area (Å²) in [5.74, 6) is 4.05. The summed E-state index contributed by atoms with van der Waals surface area (Å²) in [6, 6.07) is 17.0. The van der Waals surface area contributed by atoms with Crippen molar-refractivity contribution in [3.8, 4) is 5.75 Å². The summed E-state index contributed by atoms with van der Waals surface area (Å²) in [6.45, 7) is 2.45. The van der Waals surface area contributed by atoms with Gasteiger partial charge in [0, 0.05) is 11.5 Å². The number of ketones is 1. The van der Waals surface area contributed by atoms with Gasteiger partial charge in [0.15, 0.2) is 5.78 Å². The number of carbonyl (C=O) groups is 1. The van der Waals surface area contributed by atoms with Crippen LogP contribution in [0.1, 0.15) is 55.2 Å². The van der Waals surface area contributed by atoms with Crippen molar-refractivity contribution in [3.05, 3.63) is 71.3 Å². The van der Waals surface area contributed by atoms with Gasteiger partial charge in [0.1, 0.15) is 5.75 Å². The molecule has 2 saturated carbocycles. The van der Waals surface area contributed by atoms with Crippen LogP contribution in [0.3, 0.4) is 0 Å². The Morgan fingerprint density at radius 1 is 1.07 bits per heavy atom. The van der Waals surface area contributed by atoms with Crippen LogP contribution in [-0.2, 0) is 11.2 Å². The van der Waals surface area contributed by atoms with E-state index in [9.17, 15) is 4.79 Å². The average molecular weight is 399 g/mol. The number of Topliss-reactive ketones (excluding diaryl/α,β-unsaturated/α-hetero) is 1. The number of carbonyl (C=O) groups excluding carboxylic acids is 1. The second kappa shape index (κ2) is 6.57. The van der Waals surface area contributed by atoms with E-state index in [1.54, 1.807) is 12.7 Å². The first-order valence-corrected chi connectivity index (χ1v) is 11.6. The molecule has 0 bridgehead atoms. The van der Waals surface area contributed by atoms with E-state index in [1.165, 1.54) is 31.2 Å². The molecule has 2 aromatic carbocycles. The predicted molar refractivity (Wildman–Crippen MR) is 119 cm³/mol. The van der Waals surface area contributed by atoms with Crippen LogP contribution in [0.4, 0.5) is 0 Å². The van der Waals surface area contributed by atoms with Gasteiger partial charge < -0.3 is 4.74 Å². The SMILES string of the molecule is COc1ccc2c(c1)CC[C@@H]1[C@@H]2CC[C@]2(C)[C@@H]3C(=O)C(c4ccccc4)=C[C@@H]3C[C@@H]12. The van der Waals surface area contributed by atoms with Gasteiger partial charge in [0.2, 0.25) is 0 Å². The lowest BCUT2D eigenvalue weighted by molar-refractivity contribution is -0.122. The molecule has 6 rings (SSSR count). The number of ether oxygens (including phenoxy) is 1. The molecule has 6 atom stereocenters. The van der Waals surface area contributed by atoms with Gasteiger partial charge in [0.25, 0.3) is 0 Å². The standard InChI is InChI=1S/C28H30O2/c1-28-13-12-22-21-11-9-20(30-2)14-18(21)8-10-23(22)25(28)16-19-15-24(27(29)26(19)28)17-6-4-3-5-7-17/h3-7,9,11,14-15,19,22-23,25-26H,8,10,12-13,16H2,1-2H3/t19-,22-,23-,25+,26+,28+/m1/s1. The Morgan fingerprint density at radius 2 is 1.90 bits per heavy atom. The van der Waals surface area contributed by atoms with Crippen LogP contribution in [0.15, 0.2) is 54.6 Å². The van der Waals surface area contributed by atoms with Crippen LogP contribution in [-0.4, -0.2) is 12.9 Å². The van der Waals surface area contributed by atoms with Gasteiger partial charge >= 0.3 is 0 Å². The average Bonchev–Trinajstić information content (AvgIpc) is 3.27. The van der Waals surface area contributed by atoms with Crippen LogP contribution in [0.25, 0.3) is 5.57 Å². The van der Waals surface area contributed by atoms with Crippen LogP contribution >= 0.6 is 0 Å². The highest BCUT2D eigenvalue weighted by Crippen LogP contribution is 2.67. The fourth-order valence-corrected chi connectivity index (χ4v) is 7.76. The van der Waals surface area contributed by atoms with E-state index in [0.717, 1.165) is 29.2 Å². The number of allylic oxidation sites excluding steroid dienone is 2. The maximum atomic E-state index is 13.6. The van der Waals surface area contributed by atoms with Crippen molar-refractivity contribution in [2.75, 3.05) is 7.11 Å². The highest BCUT2D eigenvalue weighted by molar-refractivity contribution is 6.24. The minimum absolute atomic E-state index is 0.153. The van der Waals surface area contributed by atoms with Gasteiger partial charge in [-0.15, -0.1) is 0 Å². The van der Waals surface area contributed by atoms with Crippen molar-refractivity contribution in [1.82, 2.24) is 0 Å². The zero-order valence-electron chi connectivity index (χ0n) is 17.9. The van der Waals surface area contributed by atoms with E-state index in [2.05, 4.69) is 43.3 Å². The van der Waals surface area contributed by atoms with Gasteiger partial charge in [-0.05, 0) is 90.0 Å². The molecule has 4 aliphatic carbocycles. The summed E-state index contributed by atoms with van der Waals surface area (Å²) in [7, 11) is 1.75. The van der Waals surface area contributed by atoms with Gasteiger partial charge in [-0.3, -0.25) is 4.79 Å². The Kier molecular flexibility index (Phi) is 4.04. The highest BCUT2D eigenvalue weighted by Gasteiger charge is 2.61. The van der Waals surface area contributed by atoms with Crippen LogP contribution in [0, 0.1) is 29.1 Å². The largest absolute Gasteiger partial charge is 0.497 e. The first-order valence-electron chi connectivity index (χ1n) is 11.6. The van der Waals surface area contributed by atoms with Crippen molar-refractivity contribution < 1.29 is 9.53 Å². The Labute approximate surface area is 179 Å². The van der Waals surface area contributed by atoms with Crippen molar-refractivity contribution in [2.45, 2.75) is 44.9 Å². The molecule has 0 radical (unpaired) electrons. The number of hydrogen-bond donors (Lipinski definition) is 0. The molecule has 0 N–H and O–H groups in total. The van der Waals surface area contributed by atoms with Gasteiger partial charge in [-0.2, -0.15) is 0 Å². The number of fused-ring (bicyclic) bond motifs is 7. The summed E-state index contributed by atoms with van der Waals surface area (Å²) in [5, 5.41) is 0. The normalized spacial score (nSPS) is 36.4. The molecule has 154 valence electrons. The molecular formula is C28H30O2. The number of rotatable bonds is 2. The molecule has 2 aromatic rings. The lowest BCUT2D eigenvalue weighted by Crippen LogP contribution is -2.44. The third-order valence-corrected chi connectivity index (χ3v) is 9.05. The predicted octanol–water partition coefficient (Wildman–Crippen LogP) is 6.06. The summed E-state index contributed by atoms with van der Waals surface area (Å²) in [5.41, 5.74) is 5.28. The monoisotopic (exact) mass is 398 g/mol. The van der Waals surface area contributed by atoms with Gasteiger partial charge in [0.05, 0.1) is 7.11 Å². The van der Waals surface area contributed by atoms with E-state index in [1.807, 2.05) is 18.2 Å². The molecule has 0 saturated heterocycles. The Bertz CT molecular complexity index is 1040. The lowest BCUT2D eigenvalue weighted by atomic mass is 9.53. The summed E-state index contributed by atoms with van der Waals surface area (Å²) in [6.07, 6.45) is 8.32. The number of methoxy groups -OCH3 is 1. The zero-order chi connectivity index (χ0) is 20.5. The molecule has 4 aliphatic rings. The van der Waals surface area contributed by atoms with Crippen molar-refractivity contribution in [1.29, 1.82) is 0 Å². The van der Waals surface area contributed by atoms with Gasteiger partial charge in [-0.1, -0.05) is 49.4 Å². The molecule has 0 aliphatic heterocycles. The molecule has 2 nitrogen and oxygen atoms in total. The van der Waals surface area contributed by atoms with E-state index < -0.39 is 0 Å². The number of benzene rings is 2. The van der Waals surface area contributed by atoms with Gasteiger partial charge in [-0.25, -0.2) is 0 Å². The summed E-state index contributed by atoms with van der Waals surface area (Å²) in [4.78, 5) is 13.6. The number of hydrogen-bond acceptors (Lipinski definition) is 2. The molecule has 0 aromatic heterocycles. The first kappa shape index (κ1) is 18.4. The number of aryl methyl sites for hydroxylation is 1. The molecule has 0 spiro atoms. The minimum Gasteiger partial charge on any atom is -0.497 e. The molecule has 30 heavy (non-hydrogen) atoms. The third-order valence-electron chi connectivity index (χ3n) is 9.05. The quantitative estimate of drug-likeness (QED) is 0.615. The van der Waals surface area contributed by atoms with E-state index >= 15 is 0 Å². The minimum atomic E-state index is 0.153. The van der Waals surface area contributed by atoms with E-state index in [-0.39, 0.29) is 11.3 Å².